The Morgan fingerprint density at radius 3 is 2.31 bits per heavy atom. The normalized spacial score (nSPS) is 10.4. The van der Waals surface area contributed by atoms with Crippen LogP contribution in [0.15, 0.2) is 18.2 Å². The van der Waals surface area contributed by atoms with Gasteiger partial charge in [0.05, 0.1) is 6.61 Å². The van der Waals surface area contributed by atoms with E-state index in [2.05, 4.69) is 31.3 Å². The van der Waals surface area contributed by atoms with Crippen molar-refractivity contribution in [1.29, 1.82) is 0 Å². The number of ether oxygens (including phenoxy) is 2. The Hall–Kier alpha value is -1.06. The van der Waals surface area contributed by atoms with Crippen LogP contribution in [-0.2, 0) is 4.74 Å². The molecule has 0 fully saturated rings. The number of nitrogens with one attached hydrogen (secondary N) is 1. The van der Waals surface area contributed by atoms with Crippen LogP contribution >= 0.6 is 0 Å². The van der Waals surface area contributed by atoms with E-state index in [-0.39, 0.29) is 0 Å². The quantitative estimate of drug-likeness (QED) is 0.716. The summed E-state index contributed by atoms with van der Waals surface area (Å²) in [6.07, 6.45) is 0. The number of hydrogen-bond acceptors (Lipinski definition) is 3. The first-order valence-corrected chi connectivity index (χ1v) is 5.64. The lowest BCUT2D eigenvalue weighted by Crippen LogP contribution is -2.24. The standard InChI is InChI=1S/C13H21NO2/c1-11-5-4-6-12(2)13(11)16-10-8-14-7-9-15-3/h4-6,14H,7-10H2,1-3H3. The second-order valence-corrected chi connectivity index (χ2v) is 3.81. The highest BCUT2D eigenvalue weighted by Gasteiger charge is 2.01. The molecule has 0 spiro atoms. The maximum absolute atomic E-state index is 5.74. The largest absolute Gasteiger partial charge is 0.492 e. The minimum absolute atomic E-state index is 0.690. The number of para-hydroxylation sites is 1. The summed E-state index contributed by atoms with van der Waals surface area (Å²) < 4.78 is 10.7. The first-order chi connectivity index (χ1) is 7.75. The summed E-state index contributed by atoms with van der Waals surface area (Å²) >= 11 is 0. The van der Waals surface area contributed by atoms with Gasteiger partial charge in [-0.25, -0.2) is 0 Å². The van der Waals surface area contributed by atoms with Crippen LogP contribution in [0, 0.1) is 13.8 Å². The van der Waals surface area contributed by atoms with Gasteiger partial charge in [0.25, 0.3) is 0 Å². The summed E-state index contributed by atoms with van der Waals surface area (Å²) in [6, 6.07) is 6.19. The molecule has 1 rings (SSSR count). The Balaban J connectivity index is 2.26. The zero-order valence-electron chi connectivity index (χ0n) is 10.4. The van der Waals surface area contributed by atoms with E-state index in [4.69, 9.17) is 9.47 Å². The van der Waals surface area contributed by atoms with Crippen molar-refractivity contribution in [3.63, 3.8) is 0 Å². The van der Waals surface area contributed by atoms with Gasteiger partial charge >= 0.3 is 0 Å². The van der Waals surface area contributed by atoms with E-state index in [9.17, 15) is 0 Å². The SMILES string of the molecule is COCCNCCOc1c(C)cccc1C. The van der Waals surface area contributed by atoms with Gasteiger partial charge < -0.3 is 14.8 Å². The summed E-state index contributed by atoms with van der Waals surface area (Å²) in [4.78, 5) is 0. The van der Waals surface area contributed by atoms with Gasteiger partial charge in [0.15, 0.2) is 0 Å². The Labute approximate surface area is 97.8 Å². The van der Waals surface area contributed by atoms with Crippen molar-refractivity contribution >= 4 is 0 Å². The average molecular weight is 223 g/mol. The molecule has 1 N–H and O–H groups in total. The van der Waals surface area contributed by atoms with Gasteiger partial charge in [-0.05, 0) is 25.0 Å². The molecule has 3 nitrogen and oxygen atoms in total. The Morgan fingerprint density at radius 1 is 1.06 bits per heavy atom. The van der Waals surface area contributed by atoms with E-state index < -0.39 is 0 Å². The summed E-state index contributed by atoms with van der Waals surface area (Å²) in [5.74, 6) is 1.01. The zero-order valence-corrected chi connectivity index (χ0v) is 10.4. The van der Waals surface area contributed by atoms with Crippen LogP contribution in [0.5, 0.6) is 5.75 Å². The van der Waals surface area contributed by atoms with Gasteiger partial charge in [-0.1, -0.05) is 18.2 Å². The fourth-order valence-electron chi connectivity index (χ4n) is 1.55. The van der Waals surface area contributed by atoms with E-state index in [0.717, 1.165) is 25.4 Å². The second-order valence-electron chi connectivity index (χ2n) is 3.81. The van der Waals surface area contributed by atoms with Gasteiger partial charge in [-0.2, -0.15) is 0 Å². The van der Waals surface area contributed by atoms with Crippen LogP contribution in [0.2, 0.25) is 0 Å². The number of benzene rings is 1. The van der Waals surface area contributed by atoms with E-state index in [1.807, 2.05) is 6.07 Å². The fraction of sp³-hybridized carbons (Fsp3) is 0.538. The molecule has 90 valence electrons. The summed E-state index contributed by atoms with van der Waals surface area (Å²) in [7, 11) is 1.70. The molecule has 0 aliphatic rings. The molecule has 0 saturated carbocycles. The minimum Gasteiger partial charge on any atom is -0.492 e. The third-order valence-corrected chi connectivity index (χ3v) is 2.42. The van der Waals surface area contributed by atoms with Crippen LogP contribution in [0.4, 0.5) is 0 Å². The number of hydrogen-bond donors (Lipinski definition) is 1. The lowest BCUT2D eigenvalue weighted by molar-refractivity contribution is 0.196. The smallest absolute Gasteiger partial charge is 0.125 e. The topological polar surface area (TPSA) is 30.5 Å². The third kappa shape index (κ3) is 4.21. The number of aryl methyl sites for hydroxylation is 2. The minimum atomic E-state index is 0.690. The van der Waals surface area contributed by atoms with Crippen LogP contribution in [0.1, 0.15) is 11.1 Å². The first-order valence-electron chi connectivity index (χ1n) is 5.64. The van der Waals surface area contributed by atoms with Crippen molar-refractivity contribution < 1.29 is 9.47 Å². The van der Waals surface area contributed by atoms with E-state index in [1.165, 1.54) is 11.1 Å². The molecular formula is C13H21NO2. The fourth-order valence-corrected chi connectivity index (χ4v) is 1.55. The predicted octanol–water partition coefficient (Wildman–Crippen LogP) is 1.92. The van der Waals surface area contributed by atoms with Crippen molar-refractivity contribution in [2.75, 3.05) is 33.4 Å². The van der Waals surface area contributed by atoms with Crippen molar-refractivity contribution in [2.24, 2.45) is 0 Å². The maximum Gasteiger partial charge on any atom is 0.125 e. The predicted molar refractivity (Wildman–Crippen MR) is 66.2 cm³/mol. The van der Waals surface area contributed by atoms with Gasteiger partial charge in [-0.15, -0.1) is 0 Å². The lowest BCUT2D eigenvalue weighted by Gasteiger charge is -2.12. The average Bonchev–Trinajstić information content (AvgIpc) is 2.26. The van der Waals surface area contributed by atoms with E-state index >= 15 is 0 Å². The van der Waals surface area contributed by atoms with Crippen molar-refractivity contribution in [3.8, 4) is 5.75 Å². The summed E-state index contributed by atoms with van der Waals surface area (Å²) in [5.41, 5.74) is 2.38. The molecule has 0 radical (unpaired) electrons. The molecular weight excluding hydrogens is 202 g/mol. The van der Waals surface area contributed by atoms with Crippen LogP contribution < -0.4 is 10.1 Å². The molecule has 0 bridgehead atoms. The monoisotopic (exact) mass is 223 g/mol. The van der Waals surface area contributed by atoms with Crippen LogP contribution in [0.25, 0.3) is 0 Å². The van der Waals surface area contributed by atoms with Gasteiger partial charge in [0, 0.05) is 20.2 Å². The maximum atomic E-state index is 5.74. The van der Waals surface area contributed by atoms with E-state index in [0.29, 0.717) is 6.61 Å². The highest BCUT2D eigenvalue weighted by atomic mass is 16.5. The highest BCUT2D eigenvalue weighted by molar-refractivity contribution is 5.39. The molecule has 0 aliphatic heterocycles. The molecule has 3 heteroatoms. The molecule has 0 amide bonds. The van der Waals surface area contributed by atoms with Crippen molar-refractivity contribution in [1.82, 2.24) is 5.32 Å². The van der Waals surface area contributed by atoms with Gasteiger partial charge in [-0.3, -0.25) is 0 Å². The summed E-state index contributed by atoms with van der Waals surface area (Å²) in [5, 5.41) is 3.25. The molecule has 0 atom stereocenters. The van der Waals surface area contributed by atoms with E-state index in [1.54, 1.807) is 7.11 Å². The molecule has 0 saturated heterocycles. The Bertz CT molecular complexity index is 293. The summed E-state index contributed by atoms with van der Waals surface area (Å²) in [6.45, 7) is 7.28. The molecule has 0 heterocycles. The number of rotatable bonds is 7. The third-order valence-electron chi connectivity index (χ3n) is 2.42. The molecule has 0 aliphatic carbocycles. The molecule has 0 aromatic heterocycles. The first kappa shape index (κ1) is 13.0. The second kappa shape index (κ2) is 7.25. The van der Waals surface area contributed by atoms with Gasteiger partial charge in [0.2, 0.25) is 0 Å². The molecule has 1 aromatic carbocycles. The lowest BCUT2D eigenvalue weighted by atomic mass is 10.1. The zero-order chi connectivity index (χ0) is 11.8. The molecule has 0 unspecified atom stereocenters. The van der Waals surface area contributed by atoms with Gasteiger partial charge in [0.1, 0.15) is 12.4 Å². The molecule has 1 aromatic rings. The molecule has 16 heavy (non-hydrogen) atoms. The number of methoxy groups -OCH3 is 1. The Morgan fingerprint density at radius 2 is 1.69 bits per heavy atom. The highest BCUT2D eigenvalue weighted by Crippen LogP contribution is 2.21. The van der Waals surface area contributed by atoms with Crippen LogP contribution in [0.3, 0.4) is 0 Å². The van der Waals surface area contributed by atoms with Crippen LogP contribution in [-0.4, -0.2) is 33.4 Å². The van der Waals surface area contributed by atoms with Crippen molar-refractivity contribution in [2.45, 2.75) is 13.8 Å². The van der Waals surface area contributed by atoms with Crippen molar-refractivity contribution in [3.05, 3.63) is 29.3 Å². The Kier molecular flexibility index (Phi) is 5.90.